The zero-order valence-electron chi connectivity index (χ0n) is 7.88. The molecule has 0 aromatic heterocycles. The minimum atomic E-state index is -0.732. The second-order valence-corrected chi connectivity index (χ2v) is 4.91. The Balaban J connectivity index is 2.15. The van der Waals surface area contributed by atoms with E-state index in [0.717, 1.165) is 19.3 Å². The summed E-state index contributed by atoms with van der Waals surface area (Å²) in [7, 11) is 0. The van der Waals surface area contributed by atoms with Gasteiger partial charge in [-0.15, -0.1) is 0 Å². The lowest BCUT2D eigenvalue weighted by Gasteiger charge is -2.20. The van der Waals surface area contributed by atoms with E-state index in [1.165, 1.54) is 0 Å². The number of aliphatic hydroxyl groups is 2. The number of hydrogen-bond donors (Lipinski definition) is 2. The summed E-state index contributed by atoms with van der Waals surface area (Å²) >= 11 is 0. The Morgan fingerprint density at radius 3 is 2.33 bits per heavy atom. The fourth-order valence-corrected chi connectivity index (χ4v) is 3.06. The summed E-state index contributed by atoms with van der Waals surface area (Å²) in [6.45, 7) is 4.40. The maximum Gasteiger partial charge on any atom is 0.0911 e. The van der Waals surface area contributed by atoms with E-state index >= 15 is 0 Å². The molecule has 0 aromatic carbocycles. The topological polar surface area (TPSA) is 40.5 Å². The molecular weight excluding hydrogens is 152 g/mol. The van der Waals surface area contributed by atoms with Crippen LogP contribution in [0.5, 0.6) is 0 Å². The Bertz CT molecular complexity index is 202. The normalized spacial score (nSPS) is 51.2. The van der Waals surface area contributed by atoms with Gasteiger partial charge in [0.15, 0.2) is 0 Å². The Morgan fingerprint density at radius 2 is 2.08 bits per heavy atom. The van der Waals surface area contributed by atoms with Gasteiger partial charge in [0.1, 0.15) is 0 Å². The van der Waals surface area contributed by atoms with E-state index in [-0.39, 0.29) is 6.61 Å². The van der Waals surface area contributed by atoms with Gasteiger partial charge in [-0.25, -0.2) is 0 Å². The van der Waals surface area contributed by atoms with Gasteiger partial charge in [-0.1, -0.05) is 13.8 Å². The molecule has 2 aliphatic carbocycles. The fourth-order valence-electron chi connectivity index (χ4n) is 3.06. The smallest absolute Gasteiger partial charge is 0.0911 e. The molecule has 0 unspecified atom stereocenters. The Kier molecular flexibility index (Phi) is 1.59. The third-order valence-electron chi connectivity index (χ3n) is 4.21. The lowest BCUT2D eigenvalue weighted by molar-refractivity contribution is -0.0281. The van der Waals surface area contributed by atoms with Gasteiger partial charge in [0, 0.05) is 0 Å². The highest BCUT2D eigenvalue weighted by molar-refractivity contribution is 5.18. The molecule has 2 N–H and O–H groups in total. The summed E-state index contributed by atoms with van der Waals surface area (Å²) in [5.74, 6) is 1.04. The van der Waals surface area contributed by atoms with Gasteiger partial charge >= 0.3 is 0 Å². The van der Waals surface area contributed by atoms with Crippen molar-refractivity contribution in [1.29, 1.82) is 0 Å². The average Bonchev–Trinajstić information content (AvgIpc) is 2.72. The number of aliphatic hydroxyl groups excluding tert-OH is 1. The molecule has 70 valence electrons. The molecule has 0 radical (unpaired) electrons. The molecule has 0 heterocycles. The van der Waals surface area contributed by atoms with Crippen molar-refractivity contribution < 1.29 is 10.2 Å². The second-order valence-electron chi connectivity index (χ2n) is 4.91. The highest BCUT2D eigenvalue weighted by Crippen LogP contribution is 2.70. The third kappa shape index (κ3) is 0.826. The van der Waals surface area contributed by atoms with Crippen LogP contribution >= 0.6 is 0 Å². The molecule has 2 rings (SSSR count). The van der Waals surface area contributed by atoms with E-state index < -0.39 is 5.60 Å². The molecule has 0 saturated heterocycles. The molecule has 2 nitrogen and oxygen atoms in total. The molecule has 0 aromatic rings. The Morgan fingerprint density at radius 1 is 1.42 bits per heavy atom. The fraction of sp³-hybridized carbons (Fsp3) is 1.00. The quantitative estimate of drug-likeness (QED) is 0.653. The SMILES string of the molecule is CC(C)[C@@]12CC[C@](O)(CO)[C@@H]1C2. The van der Waals surface area contributed by atoms with Crippen molar-refractivity contribution in [2.24, 2.45) is 17.3 Å². The summed E-state index contributed by atoms with van der Waals surface area (Å²) in [6.07, 6.45) is 3.03. The zero-order valence-corrected chi connectivity index (χ0v) is 7.88. The molecule has 2 aliphatic rings. The summed E-state index contributed by atoms with van der Waals surface area (Å²) in [5.41, 5.74) is -0.345. The molecule has 0 aliphatic heterocycles. The molecular formula is C10H18O2. The van der Waals surface area contributed by atoms with Crippen LogP contribution in [0.15, 0.2) is 0 Å². The van der Waals surface area contributed by atoms with Crippen LogP contribution in [0, 0.1) is 17.3 Å². The van der Waals surface area contributed by atoms with Crippen molar-refractivity contribution in [3.63, 3.8) is 0 Å². The monoisotopic (exact) mass is 170 g/mol. The summed E-state index contributed by atoms with van der Waals surface area (Å²) in [4.78, 5) is 0. The van der Waals surface area contributed by atoms with E-state index in [9.17, 15) is 5.11 Å². The van der Waals surface area contributed by atoms with Gasteiger partial charge in [0.25, 0.3) is 0 Å². The van der Waals surface area contributed by atoms with Crippen molar-refractivity contribution >= 4 is 0 Å². The maximum atomic E-state index is 9.97. The van der Waals surface area contributed by atoms with Crippen molar-refractivity contribution in [1.82, 2.24) is 0 Å². The second kappa shape index (κ2) is 2.24. The number of fused-ring (bicyclic) bond motifs is 1. The molecule has 12 heavy (non-hydrogen) atoms. The van der Waals surface area contributed by atoms with Crippen LogP contribution < -0.4 is 0 Å². The van der Waals surface area contributed by atoms with Crippen LogP contribution in [-0.2, 0) is 0 Å². The van der Waals surface area contributed by atoms with Crippen molar-refractivity contribution in [2.75, 3.05) is 6.61 Å². The van der Waals surface area contributed by atoms with E-state index in [1.807, 2.05) is 0 Å². The highest BCUT2D eigenvalue weighted by atomic mass is 16.3. The first kappa shape index (κ1) is 8.52. The number of rotatable bonds is 2. The summed E-state index contributed by atoms with van der Waals surface area (Å²) in [5, 5.41) is 19.0. The molecule has 0 spiro atoms. The minimum absolute atomic E-state index is 0.0495. The molecule has 3 atom stereocenters. The van der Waals surface area contributed by atoms with Crippen LogP contribution in [-0.4, -0.2) is 22.4 Å². The van der Waals surface area contributed by atoms with Crippen LogP contribution in [0.25, 0.3) is 0 Å². The molecule has 2 saturated carbocycles. The largest absolute Gasteiger partial charge is 0.393 e. The first-order valence-electron chi connectivity index (χ1n) is 4.88. The lowest BCUT2D eigenvalue weighted by atomic mass is 9.90. The van der Waals surface area contributed by atoms with E-state index in [0.29, 0.717) is 17.3 Å². The first-order valence-corrected chi connectivity index (χ1v) is 4.88. The van der Waals surface area contributed by atoms with Crippen LogP contribution in [0.4, 0.5) is 0 Å². The first-order chi connectivity index (χ1) is 5.55. The summed E-state index contributed by atoms with van der Waals surface area (Å²) in [6, 6.07) is 0. The van der Waals surface area contributed by atoms with Gasteiger partial charge in [0.2, 0.25) is 0 Å². The van der Waals surface area contributed by atoms with E-state index in [1.54, 1.807) is 0 Å². The zero-order chi connectivity index (χ0) is 8.98. The van der Waals surface area contributed by atoms with Crippen LogP contribution in [0.3, 0.4) is 0 Å². The molecule has 0 bridgehead atoms. The van der Waals surface area contributed by atoms with Crippen molar-refractivity contribution in [2.45, 2.75) is 38.7 Å². The Hall–Kier alpha value is -0.0800. The third-order valence-corrected chi connectivity index (χ3v) is 4.21. The summed E-state index contributed by atoms with van der Waals surface area (Å²) < 4.78 is 0. The molecule has 2 heteroatoms. The van der Waals surface area contributed by atoms with Gasteiger partial charge in [-0.3, -0.25) is 0 Å². The predicted octanol–water partition coefficient (Wildman–Crippen LogP) is 1.17. The molecule has 2 fully saturated rings. The number of hydrogen-bond acceptors (Lipinski definition) is 2. The molecule has 0 amide bonds. The van der Waals surface area contributed by atoms with Crippen molar-refractivity contribution in [3.05, 3.63) is 0 Å². The van der Waals surface area contributed by atoms with Gasteiger partial charge < -0.3 is 10.2 Å². The maximum absolute atomic E-state index is 9.97. The van der Waals surface area contributed by atoms with Crippen LogP contribution in [0.1, 0.15) is 33.1 Å². The average molecular weight is 170 g/mol. The Labute approximate surface area is 73.6 Å². The van der Waals surface area contributed by atoms with Gasteiger partial charge in [-0.05, 0) is 36.5 Å². The van der Waals surface area contributed by atoms with E-state index in [4.69, 9.17) is 5.11 Å². The highest BCUT2D eigenvalue weighted by Gasteiger charge is 2.68. The van der Waals surface area contributed by atoms with Crippen LogP contribution in [0.2, 0.25) is 0 Å². The predicted molar refractivity (Wildman–Crippen MR) is 46.6 cm³/mol. The van der Waals surface area contributed by atoms with Gasteiger partial charge in [0.05, 0.1) is 12.2 Å². The van der Waals surface area contributed by atoms with Gasteiger partial charge in [-0.2, -0.15) is 0 Å². The standard InChI is InChI=1S/C10H18O2/c1-7(2)9-3-4-10(12,6-11)8(9)5-9/h7-8,11-12H,3-6H2,1-2H3/t8-,9+,10+/m1/s1. The lowest BCUT2D eigenvalue weighted by Crippen LogP contribution is -2.33. The minimum Gasteiger partial charge on any atom is -0.393 e. The van der Waals surface area contributed by atoms with Crippen molar-refractivity contribution in [3.8, 4) is 0 Å². The van der Waals surface area contributed by atoms with E-state index in [2.05, 4.69) is 13.8 Å².